The molecule has 0 radical (unpaired) electrons. The number of aromatic nitrogens is 2. The van der Waals surface area contributed by atoms with Crippen LogP contribution in [0, 0.1) is 5.92 Å². The predicted octanol–water partition coefficient (Wildman–Crippen LogP) is 5.58. The molecular formula is C16H22BrClN2. The lowest BCUT2D eigenvalue weighted by molar-refractivity contribution is 0.333. The third-order valence-corrected chi connectivity index (χ3v) is 4.86. The molecule has 0 aliphatic heterocycles. The number of alkyl halides is 1. The Balaban J connectivity index is 2.55. The van der Waals surface area contributed by atoms with E-state index in [4.69, 9.17) is 16.6 Å². The topological polar surface area (TPSA) is 17.8 Å². The monoisotopic (exact) mass is 356 g/mol. The van der Waals surface area contributed by atoms with Gasteiger partial charge in [-0.3, -0.25) is 0 Å². The van der Waals surface area contributed by atoms with E-state index in [1.165, 1.54) is 18.4 Å². The van der Waals surface area contributed by atoms with Crippen molar-refractivity contribution < 1.29 is 0 Å². The zero-order chi connectivity index (χ0) is 14.7. The van der Waals surface area contributed by atoms with Crippen LogP contribution in [-0.2, 0) is 6.42 Å². The number of hydrogen-bond donors (Lipinski definition) is 0. The molecule has 0 spiro atoms. The molecule has 1 aromatic carbocycles. The lowest BCUT2D eigenvalue weighted by atomic mass is 9.95. The highest BCUT2D eigenvalue weighted by Gasteiger charge is 2.21. The van der Waals surface area contributed by atoms with Gasteiger partial charge in [0.25, 0.3) is 0 Å². The van der Waals surface area contributed by atoms with Crippen LogP contribution in [0.15, 0.2) is 22.7 Å². The maximum Gasteiger partial charge on any atom is 0.111 e. The van der Waals surface area contributed by atoms with Crippen LogP contribution in [0.5, 0.6) is 0 Å². The van der Waals surface area contributed by atoms with Crippen LogP contribution in [0.4, 0.5) is 0 Å². The van der Waals surface area contributed by atoms with Gasteiger partial charge >= 0.3 is 0 Å². The van der Waals surface area contributed by atoms with Gasteiger partial charge in [-0.15, -0.1) is 11.6 Å². The zero-order valence-electron chi connectivity index (χ0n) is 12.4. The van der Waals surface area contributed by atoms with E-state index < -0.39 is 0 Å². The highest BCUT2D eigenvalue weighted by Crippen LogP contribution is 2.31. The van der Waals surface area contributed by atoms with Crippen LogP contribution < -0.4 is 0 Å². The van der Waals surface area contributed by atoms with Crippen molar-refractivity contribution in [3.05, 3.63) is 28.5 Å². The van der Waals surface area contributed by atoms with Crippen molar-refractivity contribution in [2.45, 2.75) is 46.1 Å². The van der Waals surface area contributed by atoms with Gasteiger partial charge in [0.15, 0.2) is 0 Å². The summed E-state index contributed by atoms with van der Waals surface area (Å²) in [5, 5.41) is 0. The molecule has 1 unspecified atom stereocenters. The summed E-state index contributed by atoms with van der Waals surface area (Å²) in [5.41, 5.74) is 2.27. The SMILES string of the molecule is CCC(CC)C(C)n1c(CCCl)nc2cc(Br)ccc21. The fourth-order valence-corrected chi connectivity index (χ4v) is 3.54. The molecule has 1 atom stereocenters. The zero-order valence-corrected chi connectivity index (χ0v) is 14.7. The van der Waals surface area contributed by atoms with Gasteiger partial charge in [-0.05, 0) is 31.0 Å². The van der Waals surface area contributed by atoms with Gasteiger partial charge in [0.1, 0.15) is 5.82 Å². The molecule has 1 heterocycles. The van der Waals surface area contributed by atoms with E-state index in [1.807, 2.05) is 0 Å². The lowest BCUT2D eigenvalue weighted by Crippen LogP contribution is -2.18. The molecule has 110 valence electrons. The minimum Gasteiger partial charge on any atom is -0.325 e. The summed E-state index contributed by atoms with van der Waals surface area (Å²) < 4.78 is 3.46. The van der Waals surface area contributed by atoms with E-state index in [9.17, 15) is 0 Å². The highest BCUT2D eigenvalue weighted by atomic mass is 79.9. The maximum absolute atomic E-state index is 5.96. The third-order valence-electron chi connectivity index (χ3n) is 4.18. The first kappa shape index (κ1) is 15.8. The van der Waals surface area contributed by atoms with Crippen molar-refractivity contribution >= 4 is 38.6 Å². The number of rotatable bonds is 6. The summed E-state index contributed by atoms with van der Waals surface area (Å²) >= 11 is 9.48. The van der Waals surface area contributed by atoms with Crippen molar-refractivity contribution in [2.24, 2.45) is 5.92 Å². The van der Waals surface area contributed by atoms with Crippen molar-refractivity contribution in [1.82, 2.24) is 9.55 Å². The Labute approximate surface area is 134 Å². The van der Waals surface area contributed by atoms with E-state index in [1.54, 1.807) is 0 Å². The van der Waals surface area contributed by atoms with E-state index >= 15 is 0 Å². The minimum absolute atomic E-state index is 0.453. The summed E-state index contributed by atoms with van der Waals surface area (Å²) in [7, 11) is 0. The summed E-state index contributed by atoms with van der Waals surface area (Å²) in [6.07, 6.45) is 3.20. The molecular weight excluding hydrogens is 336 g/mol. The molecule has 2 aromatic rings. The van der Waals surface area contributed by atoms with Crippen molar-refractivity contribution in [2.75, 3.05) is 5.88 Å². The molecule has 20 heavy (non-hydrogen) atoms. The Morgan fingerprint density at radius 1 is 1.30 bits per heavy atom. The summed E-state index contributed by atoms with van der Waals surface area (Å²) in [6.45, 7) is 6.84. The van der Waals surface area contributed by atoms with E-state index in [0.717, 1.165) is 22.2 Å². The molecule has 0 amide bonds. The van der Waals surface area contributed by atoms with Crippen LogP contribution in [-0.4, -0.2) is 15.4 Å². The second kappa shape index (κ2) is 6.95. The van der Waals surface area contributed by atoms with E-state index in [0.29, 0.717) is 17.8 Å². The van der Waals surface area contributed by atoms with Crippen LogP contribution in [0.1, 0.15) is 45.5 Å². The van der Waals surface area contributed by atoms with Gasteiger partial charge in [-0.25, -0.2) is 4.98 Å². The number of aryl methyl sites for hydroxylation is 1. The van der Waals surface area contributed by atoms with Gasteiger partial charge in [-0.1, -0.05) is 42.6 Å². The average Bonchev–Trinajstić information content (AvgIpc) is 2.77. The number of imidazole rings is 1. The van der Waals surface area contributed by atoms with Gasteiger partial charge in [0.05, 0.1) is 11.0 Å². The maximum atomic E-state index is 5.96. The second-order valence-corrected chi connectivity index (χ2v) is 6.58. The largest absolute Gasteiger partial charge is 0.325 e. The highest BCUT2D eigenvalue weighted by molar-refractivity contribution is 9.10. The van der Waals surface area contributed by atoms with Crippen molar-refractivity contribution in [3.63, 3.8) is 0 Å². The van der Waals surface area contributed by atoms with Crippen molar-refractivity contribution in [3.8, 4) is 0 Å². The molecule has 2 rings (SSSR count). The van der Waals surface area contributed by atoms with E-state index in [2.05, 4.69) is 59.5 Å². The molecule has 0 saturated carbocycles. The van der Waals surface area contributed by atoms with Gasteiger partial charge < -0.3 is 4.57 Å². The van der Waals surface area contributed by atoms with Crippen LogP contribution in [0.2, 0.25) is 0 Å². The number of nitrogens with zero attached hydrogens (tertiary/aromatic N) is 2. The Morgan fingerprint density at radius 2 is 2.00 bits per heavy atom. The fraction of sp³-hybridized carbons (Fsp3) is 0.562. The Bertz CT molecular complexity index is 575. The summed E-state index contributed by atoms with van der Waals surface area (Å²) in [5.74, 6) is 2.39. The van der Waals surface area contributed by atoms with E-state index in [-0.39, 0.29) is 0 Å². The molecule has 2 nitrogen and oxygen atoms in total. The number of benzene rings is 1. The number of halogens is 2. The smallest absolute Gasteiger partial charge is 0.111 e. The Morgan fingerprint density at radius 3 is 2.60 bits per heavy atom. The van der Waals surface area contributed by atoms with Crippen LogP contribution in [0.3, 0.4) is 0 Å². The molecule has 0 N–H and O–H groups in total. The normalized spacial score (nSPS) is 13.3. The average molecular weight is 358 g/mol. The molecule has 1 aromatic heterocycles. The molecule has 0 bridgehead atoms. The van der Waals surface area contributed by atoms with Gasteiger partial charge in [0, 0.05) is 22.8 Å². The molecule has 0 fully saturated rings. The first-order valence-electron chi connectivity index (χ1n) is 7.34. The predicted molar refractivity (Wildman–Crippen MR) is 90.6 cm³/mol. The Hall–Kier alpha value is -0.540. The summed E-state index contributed by atoms with van der Waals surface area (Å²) in [6, 6.07) is 6.78. The second-order valence-electron chi connectivity index (χ2n) is 5.29. The molecule has 4 heteroatoms. The minimum atomic E-state index is 0.453. The molecule has 0 aliphatic carbocycles. The van der Waals surface area contributed by atoms with Gasteiger partial charge in [-0.2, -0.15) is 0 Å². The molecule has 0 aliphatic rings. The first-order chi connectivity index (χ1) is 9.62. The third kappa shape index (κ3) is 3.04. The Kier molecular flexibility index (Phi) is 5.50. The van der Waals surface area contributed by atoms with Crippen LogP contribution in [0.25, 0.3) is 11.0 Å². The first-order valence-corrected chi connectivity index (χ1v) is 8.67. The number of fused-ring (bicyclic) bond motifs is 1. The quantitative estimate of drug-likeness (QED) is 0.617. The van der Waals surface area contributed by atoms with Crippen molar-refractivity contribution in [1.29, 1.82) is 0 Å². The van der Waals surface area contributed by atoms with Crippen LogP contribution >= 0.6 is 27.5 Å². The standard InChI is InChI=1S/C16H22BrClN2/c1-4-12(5-2)11(3)20-15-7-6-13(17)10-14(15)19-16(20)8-9-18/h6-7,10-12H,4-5,8-9H2,1-3H3. The lowest BCUT2D eigenvalue weighted by Gasteiger charge is -2.25. The number of hydrogen-bond acceptors (Lipinski definition) is 1. The van der Waals surface area contributed by atoms with Gasteiger partial charge in [0.2, 0.25) is 0 Å². The summed E-state index contributed by atoms with van der Waals surface area (Å²) in [4.78, 5) is 4.78. The molecule has 0 saturated heterocycles. The fourth-order valence-electron chi connectivity index (χ4n) is 3.02.